The third-order valence-electron chi connectivity index (χ3n) is 4.46. The third kappa shape index (κ3) is 2.32. The number of Topliss-reactive ketones (excluding diaryl/α,β-unsaturated/α-hetero) is 1. The first kappa shape index (κ1) is 14.1. The van der Waals surface area contributed by atoms with Crippen LogP contribution in [0.3, 0.4) is 0 Å². The van der Waals surface area contributed by atoms with Crippen LogP contribution in [-0.4, -0.2) is 5.78 Å². The van der Waals surface area contributed by atoms with Crippen LogP contribution in [0.1, 0.15) is 25.0 Å². The Morgan fingerprint density at radius 1 is 1.00 bits per heavy atom. The van der Waals surface area contributed by atoms with Gasteiger partial charge in [-0.25, -0.2) is 0 Å². The maximum atomic E-state index is 12.7. The van der Waals surface area contributed by atoms with E-state index >= 15 is 0 Å². The molecule has 0 bridgehead atoms. The third-order valence-corrected chi connectivity index (χ3v) is 4.72. The summed E-state index contributed by atoms with van der Waals surface area (Å²) in [6.45, 7) is 4.10. The lowest BCUT2D eigenvalue weighted by atomic mass is 9.60. The van der Waals surface area contributed by atoms with Crippen LogP contribution in [0, 0.1) is 5.41 Å². The number of ketones is 1. The number of hydrogen-bond acceptors (Lipinski definition) is 1. The molecule has 2 heteroatoms. The van der Waals surface area contributed by atoms with Gasteiger partial charge < -0.3 is 0 Å². The van der Waals surface area contributed by atoms with E-state index in [-0.39, 0.29) is 11.2 Å². The minimum absolute atomic E-state index is 0.228. The van der Waals surface area contributed by atoms with E-state index < -0.39 is 0 Å². The molecule has 0 heterocycles. The van der Waals surface area contributed by atoms with Crippen molar-refractivity contribution in [3.05, 3.63) is 76.3 Å². The van der Waals surface area contributed by atoms with Crippen molar-refractivity contribution in [2.75, 3.05) is 0 Å². The van der Waals surface area contributed by atoms with Crippen LogP contribution in [-0.2, 0) is 11.2 Å². The molecule has 1 nitrogen and oxygen atoms in total. The molecule has 1 aliphatic rings. The van der Waals surface area contributed by atoms with Gasteiger partial charge in [-0.05, 0) is 49.1 Å². The van der Waals surface area contributed by atoms with Crippen LogP contribution in [0.4, 0.5) is 0 Å². The maximum Gasteiger partial charge on any atom is 0.173 e. The molecule has 0 aromatic heterocycles. The van der Waals surface area contributed by atoms with Crippen LogP contribution in [0.5, 0.6) is 0 Å². The van der Waals surface area contributed by atoms with Crippen molar-refractivity contribution in [2.45, 2.75) is 20.3 Å². The summed E-state index contributed by atoms with van der Waals surface area (Å²) in [7, 11) is 0. The summed E-state index contributed by atoms with van der Waals surface area (Å²) in [5.41, 5.74) is 3.80. The molecule has 0 fully saturated rings. The Bertz CT molecular complexity index is 713. The molecular weight excluding hydrogens is 280 g/mol. The normalized spacial score (nSPS) is 21.4. The van der Waals surface area contributed by atoms with E-state index in [1.807, 2.05) is 49.4 Å². The van der Waals surface area contributed by atoms with E-state index in [1.165, 1.54) is 11.1 Å². The Morgan fingerprint density at radius 3 is 2.19 bits per heavy atom. The quantitative estimate of drug-likeness (QED) is 0.783. The lowest BCUT2D eigenvalue weighted by Crippen LogP contribution is -2.41. The zero-order valence-corrected chi connectivity index (χ0v) is 12.9. The minimum Gasteiger partial charge on any atom is -0.293 e. The average molecular weight is 297 g/mol. The smallest absolute Gasteiger partial charge is 0.173 e. The summed E-state index contributed by atoms with van der Waals surface area (Å²) in [5, 5.41) is 0.691. The van der Waals surface area contributed by atoms with E-state index in [0.29, 0.717) is 5.02 Å². The first-order valence-electron chi connectivity index (χ1n) is 7.08. The van der Waals surface area contributed by atoms with Crippen molar-refractivity contribution in [3.63, 3.8) is 0 Å². The number of allylic oxidation sites excluding steroid dienone is 2. The van der Waals surface area contributed by atoms with Gasteiger partial charge in [-0.1, -0.05) is 54.1 Å². The first-order valence-corrected chi connectivity index (χ1v) is 7.46. The zero-order chi connectivity index (χ0) is 15.0. The Kier molecular flexibility index (Phi) is 3.46. The highest BCUT2D eigenvalue weighted by molar-refractivity contribution is 6.33. The molecule has 0 saturated carbocycles. The lowest BCUT2D eigenvalue weighted by Gasteiger charge is -2.40. The minimum atomic E-state index is -0.379. The van der Waals surface area contributed by atoms with Gasteiger partial charge in [0.25, 0.3) is 0 Å². The predicted octanol–water partition coefficient (Wildman–Crippen LogP) is 4.95. The van der Waals surface area contributed by atoms with Crippen LogP contribution in [0.25, 0.3) is 5.57 Å². The molecule has 2 aromatic rings. The van der Waals surface area contributed by atoms with Gasteiger partial charge >= 0.3 is 0 Å². The van der Waals surface area contributed by atoms with Crippen LogP contribution in [0.2, 0.25) is 5.02 Å². The number of halogens is 1. The number of carbonyl (C=O) groups excluding carboxylic acids is 1. The highest BCUT2D eigenvalue weighted by atomic mass is 35.5. The van der Waals surface area contributed by atoms with Crippen molar-refractivity contribution in [1.29, 1.82) is 0 Å². The molecule has 1 atom stereocenters. The van der Waals surface area contributed by atoms with Gasteiger partial charge in [0.1, 0.15) is 0 Å². The molecule has 0 radical (unpaired) electrons. The predicted molar refractivity (Wildman–Crippen MR) is 87.3 cm³/mol. The average Bonchev–Trinajstić information content (AvgIpc) is 2.50. The highest BCUT2D eigenvalue weighted by Gasteiger charge is 2.47. The van der Waals surface area contributed by atoms with Crippen molar-refractivity contribution in [2.24, 2.45) is 5.41 Å². The van der Waals surface area contributed by atoms with Gasteiger partial charge in [-0.15, -0.1) is 0 Å². The number of rotatable bonds is 3. The summed E-state index contributed by atoms with van der Waals surface area (Å²) in [4.78, 5) is 12.7. The summed E-state index contributed by atoms with van der Waals surface area (Å²) in [6, 6.07) is 17.7. The molecular formula is C19H17ClO. The Hall–Kier alpha value is -1.86. The number of hydrogen-bond donors (Lipinski definition) is 0. The summed E-state index contributed by atoms with van der Waals surface area (Å²) in [5.74, 6) is 0.228. The largest absolute Gasteiger partial charge is 0.293 e. The van der Waals surface area contributed by atoms with Crippen molar-refractivity contribution in [1.82, 2.24) is 0 Å². The highest BCUT2D eigenvalue weighted by Crippen LogP contribution is 2.49. The maximum absolute atomic E-state index is 12.7. The van der Waals surface area contributed by atoms with Gasteiger partial charge in [0.2, 0.25) is 0 Å². The van der Waals surface area contributed by atoms with E-state index in [9.17, 15) is 4.79 Å². The number of carbonyl (C=O) groups is 1. The fraction of sp³-hybridized carbons (Fsp3) is 0.211. The molecule has 106 valence electrons. The topological polar surface area (TPSA) is 17.1 Å². The monoisotopic (exact) mass is 296 g/mol. The van der Waals surface area contributed by atoms with Crippen LogP contribution in [0.15, 0.2) is 60.2 Å². The van der Waals surface area contributed by atoms with Gasteiger partial charge in [-0.3, -0.25) is 4.79 Å². The molecule has 21 heavy (non-hydrogen) atoms. The second-order valence-corrected chi connectivity index (χ2v) is 6.27. The SMILES string of the molecule is CC1=C(c2ccc(Cl)cc2)C(=O)C1(C)Cc1ccccc1. The second-order valence-electron chi connectivity index (χ2n) is 5.83. The molecule has 0 spiro atoms. The van der Waals surface area contributed by atoms with Crippen LogP contribution < -0.4 is 0 Å². The summed E-state index contributed by atoms with van der Waals surface area (Å²) in [6.07, 6.45) is 0.760. The first-order chi connectivity index (χ1) is 10.0. The second kappa shape index (κ2) is 5.16. The summed E-state index contributed by atoms with van der Waals surface area (Å²) < 4.78 is 0. The molecule has 0 amide bonds. The van der Waals surface area contributed by atoms with Gasteiger partial charge in [0.15, 0.2) is 5.78 Å². The van der Waals surface area contributed by atoms with E-state index in [2.05, 4.69) is 19.1 Å². The molecule has 0 aliphatic heterocycles. The molecule has 1 aliphatic carbocycles. The van der Waals surface area contributed by atoms with E-state index in [1.54, 1.807) is 0 Å². The molecule has 0 saturated heterocycles. The molecule has 0 N–H and O–H groups in total. The molecule has 1 unspecified atom stereocenters. The number of benzene rings is 2. The fourth-order valence-corrected chi connectivity index (χ4v) is 3.14. The summed E-state index contributed by atoms with van der Waals surface area (Å²) >= 11 is 5.91. The molecule has 2 aromatic carbocycles. The standard InChI is InChI=1S/C19H17ClO/c1-13-17(15-8-10-16(20)11-9-15)18(21)19(13,2)12-14-6-4-3-5-7-14/h3-11H,12H2,1-2H3. The lowest BCUT2D eigenvalue weighted by molar-refractivity contribution is -0.122. The molecule has 3 rings (SSSR count). The Balaban J connectivity index is 1.93. The van der Waals surface area contributed by atoms with Gasteiger partial charge in [0, 0.05) is 10.6 Å². The van der Waals surface area contributed by atoms with Crippen molar-refractivity contribution >= 4 is 23.0 Å². The van der Waals surface area contributed by atoms with Crippen molar-refractivity contribution in [3.8, 4) is 0 Å². The fourth-order valence-electron chi connectivity index (χ4n) is 3.01. The Labute approximate surface area is 130 Å². The van der Waals surface area contributed by atoms with Crippen molar-refractivity contribution < 1.29 is 4.79 Å². The van der Waals surface area contributed by atoms with Gasteiger partial charge in [0.05, 0.1) is 5.41 Å². The zero-order valence-electron chi connectivity index (χ0n) is 12.2. The van der Waals surface area contributed by atoms with E-state index in [0.717, 1.165) is 17.6 Å². The Morgan fingerprint density at radius 2 is 1.62 bits per heavy atom. The van der Waals surface area contributed by atoms with E-state index in [4.69, 9.17) is 11.6 Å². The van der Waals surface area contributed by atoms with Crippen LogP contribution >= 0.6 is 11.6 Å². The van der Waals surface area contributed by atoms with Gasteiger partial charge in [-0.2, -0.15) is 0 Å².